The Morgan fingerprint density at radius 3 is 2.45 bits per heavy atom. The van der Waals surface area contributed by atoms with Crippen molar-refractivity contribution in [3.05, 3.63) is 55.8 Å². The summed E-state index contributed by atoms with van der Waals surface area (Å²) in [7, 11) is 0. The van der Waals surface area contributed by atoms with Gasteiger partial charge in [-0.2, -0.15) is 5.26 Å². The van der Waals surface area contributed by atoms with Gasteiger partial charge in [0.15, 0.2) is 5.75 Å². The third kappa shape index (κ3) is 2.29. The van der Waals surface area contributed by atoms with Crippen LogP contribution in [0.5, 0.6) is 5.75 Å². The number of rotatable bonds is 4. The minimum Gasteiger partial charge on any atom is -0.488 e. The van der Waals surface area contributed by atoms with Gasteiger partial charge < -0.3 is 10.1 Å². The maximum absolute atomic E-state index is 11.9. The van der Waals surface area contributed by atoms with E-state index in [2.05, 4.69) is 5.32 Å². The maximum Gasteiger partial charge on any atom is 0.272 e. The molecule has 0 spiro atoms. The molecule has 6 heteroatoms. The molecule has 0 fully saturated rings. The lowest BCUT2D eigenvalue weighted by Crippen LogP contribution is -2.37. The molecular weight excluding hydrogens is 260 g/mol. The van der Waals surface area contributed by atoms with Crippen LogP contribution in [0.15, 0.2) is 33.9 Å². The third-order valence-electron chi connectivity index (χ3n) is 2.67. The number of nitrogens with zero attached hydrogens (tertiary/aromatic N) is 1. The fourth-order valence-electron chi connectivity index (χ4n) is 1.65. The van der Waals surface area contributed by atoms with E-state index in [1.807, 2.05) is 6.07 Å². The Morgan fingerprint density at radius 2 is 1.90 bits per heavy atom. The third-order valence-corrected chi connectivity index (χ3v) is 2.67. The molecule has 0 atom stereocenters. The second-order valence-corrected chi connectivity index (χ2v) is 3.94. The van der Waals surface area contributed by atoms with Gasteiger partial charge in [-0.05, 0) is 31.2 Å². The van der Waals surface area contributed by atoms with Crippen molar-refractivity contribution in [2.75, 3.05) is 11.9 Å². The molecule has 20 heavy (non-hydrogen) atoms. The Balaban J connectivity index is 2.20. The van der Waals surface area contributed by atoms with E-state index in [1.165, 1.54) is 24.3 Å². The van der Waals surface area contributed by atoms with Gasteiger partial charge in [0.2, 0.25) is 0 Å². The molecule has 0 aliphatic carbocycles. The number of anilines is 1. The Morgan fingerprint density at radius 1 is 1.25 bits per heavy atom. The van der Waals surface area contributed by atoms with Crippen molar-refractivity contribution >= 4 is 11.6 Å². The molecule has 0 unspecified atom stereocenters. The summed E-state index contributed by atoms with van der Waals surface area (Å²) < 4.78 is 5.00. The lowest BCUT2D eigenvalue weighted by molar-refractivity contribution is 0.102. The summed E-state index contributed by atoms with van der Waals surface area (Å²) in [5.74, 6) is -0.651. The van der Waals surface area contributed by atoms with Crippen LogP contribution in [-0.4, -0.2) is 12.5 Å². The SMILES string of the molecule is CCOc1c(NC(=O)c2ccc(C#N)cc2)c(=O)c1=O. The van der Waals surface area contributed by atoms with Crippen LogP contribution in [0.25, 0.3) is 0 Å². The highest BCUT2D eigenvalue weighted by Crippen LogP contribution is 2.18. The van der Waals surface area contributed by atoms with Crippen molar-refractivity contribution in [2.45, 2.75) is 6.92 Å². The van der Waals surface area contributed by atoms with Crippen LogP contribution >= 0.6 is 0 Å². The zero-order valence-electron chi connectivity index (χ0n) is 10.6. The first kappa shape index (κ1) is 13.5. The Bertz CT molecular complexity index is 762. The minimum atomic E-state index is -0.768. The zero-order chi connectivity index (χ0) is 14.7. The van der Waals surface area contributed by atoms with E-state index in [1.54, 1.807) is 6.92 Å². The topological polar surface area (TPSA) is 96.3 Å². The highest BCUT2D eigenvalue weighted by molar-refractivity contribution is 6.05. The van der Waals surface area contributed by atoms with Gasteiger partial charge in [0, 0.05) is 5.56 Å². The lowest BCUT2D eigenvalue weighted by atomic mass is 10.1. The number of nitriles is 1. The molecule has 0 radical (unpaired) electrons. The summed E-state index contributed by atoms with van der Waals surface area (Å²) in [5.41, 5.74) is -0.922. The van der Waals surface area contributed by atoms with Crippen molar-refractivity contribution in [1.82, 2.24) is 0 Å². The Labute approximate surface area is 113 Å². The number of hydrogen-bond acceptors (Lipinski definition) is 5. The molecule has 2 aromatic rings. The second kappa shape index (κ2) is 5.36. The number of amides is 1. The summed E-state index contributed by atoms with van der Waals surface area (Å²) in [5, 5.41) is 11.0. The first-order chi connectivity index (χ1) is 9.58. The first-order valence-corrected chi connectivity index (χ1v) is 5.86. The molecule has 0 saturated heterocycles. The summed E-state index contributed by atoms with van der Waals surface area (Å²) in [6.07, 6.45) is 0. The van der Waals surface area contributed by atoms with E-state index in [9.17, 15) is 14.4 Å². The average molecular weight is 270 g/mol. The minimum absolute atomic E-state index is 0.112. The number of hydrogen-bond donors (Lipinski definition) is 1. The van der Waals surface area contributed by atoms with Crippen molar-refractivity contribution < 1.29 is 9.53 Å². The number of carbonyl (C=O) groups is 1. The molecule has 2 aromatic carbocycles. The van der Waals surface area contributed by atoms with Crippen molar-refractivity contribution in [3.8, 4) is 11.8 Å². The van der Waals surface area contributed by atoms with Crippen molar-refractivity contribution in [1.29, 1.82) is 5.26 Å². The van der Waals surface area contributed by atoms with Gasteiger partial charge in [-0.15, -0.1) is 0 Å². The number of carbonyl (C=O) groups excluding carboxylic acids is 1. The predicted octanol–water partition coefficient (Wildman–Crippen LogP) is 0.805. The second-order valence-electron chi connectivity index (χ2n) is 3.94. The van der Waals surface area contributed by atoms with E-state index in [0.29, 0.717) is 5.56 Å². The van der Waals surface area contributed by atoms with Crippen molar-refractivity contribution in [3.63, 3.8) is 0 Å². The Kier molecular flexibility index (Phi) is 3.62. The van der Waals surface area contributed by atoms with Crippen LogP contribution in [-0.2, 0) is 0 Å². The summed E-state index contributed by atoms with van der Waals surface area (Å²) in [6, 6.07) is 7.82. The normalized spacial score (nSPS) is 10.0. The molecule has 100 valence electrons. The molecule has 0 bridgehead atoms. The van der Waals surface area contributed by atoms with Crippen LogP contribution in [0, 0.1) is 11.3 Å². The molecule has 1 N–H and O–H groups in total. The first-order valence-electron chi connectivity index (χ1n) is 5.86. The van der Waals surface area contributed by atoms with E-state index < -0.39 is 16.8 Å². The van der Waals surface area contributed by atoms with E-state index in [-0.39, 0.29) is 23.6 Å². The predicted molar refractivity (Wildman–Crippen MR) is 71.6 cm³/mol. The molecule has 0 aliphatic rings. The molecule has 6 nitrogen and oxygen atoms in total. The van der Waals surface area contributed by atoms with Gasteiger partial charge in [-0.25, -0.2) is 0 Å². The van der Waals surface area contributed by atoms with Crippen LogP contribution in [0.2, 0.25) is 0 Å². The van der Waals surface area contributed by atoms with E-state index >= 15 is 0 Å². The quantitative estimate of drug-likeness (QED) is 0.829. The zero-order valence-corrected chi connectivity index (χ0v) is 10.6. The average Bonchev–Trinajstić information content (AvgIpc) is 2.50. The van der Waals surface area contributed by atoms with Gasteiger partial charge in [0.1, 0.15) is 5.69 Å². The highest BCUT2D eigenvalue weighted by Gasteiger charge is 2.24. The van der Waals surface area contributed by atoms with Crippen LogP contribution in [0.3, 0.4) is 0 Å². The Hall–Kier alpha value is -2.94. The monoisotopic (exact) mass is 270 g/mol. The summed E-state index contributed by atoms with van der Waals surface area (Å²) >= 11 is 0. The van der Waals surface area contributed by atoms with E-state index in [0.717, 1.165) is 0 Å². The molecule has 0 heterocycles. The van der Waals surface area contributed by atoms with Gasteiger partial charge in [0.05, 0.1) is 18.2 Å². The summed E-state index contributed by atoms with van der Waals surface area (Å²) in [6.45, 7) is 1.90. The summed E-state index contributed by atoms with van der Waals surface area (Å²) in [4.78, 5) is 34.5. The van der Waals surface area contributed by atoms with Crippen molar-refractivity contribution in [2.24, 2.45) is 0 Å². The van der Waals surface area contributed by atoms with E-state index in [4.69, 9.17) is 10.00 Å². The molecular formula is C14H10N2O4. The smallest absolute Gasteiger partial charge is 0.272 e. The van der Waals surface area contributed by atoms with Crippen LogP contribution < -0.4 is 20.9 Å². The number of benzene rings is 1. The highest BCUT2D eigenvalue weighted by atomic mass is 16.5. The molecule has 0 saturated carbocycles. The molecule has 1 amide bonds. The van der Waals surface area contributed by atoms with Gasteiger partial charge >= 0.3 is 0 Å². The number of nitrogens with one attached hydrogen (secondary N) is 1. The maximum atomic E-state index is 11.9. The molecule has 0 aliphatic heterocycles. The molecule has 2 rings (SSSR count). The van der Waals surface area contributed by atoms with Gasteiger partial charge in [-0.3, -0.25) is 14.4 Å². The van der Waals surface area contributed by atoms with Crippen LogP contribution in [0.4, 0.5) is 5.69 Å². The van der Waals surface area contributed by atoms with Crippen LogP contribution in [0.1, 0.15) is 22.8 Å². The van der Waals surface area contributed by atoms with Gasteiger partial charge in [0.25, 0.3) is 16.8 Å². The fourth-order valence-corrected chi connectivity index (χ4v) is 1.65. The number of ether oxygens (including phenoxy) is 1. The molecule has 0 aromatic heterocycles. The largest absolute Gasteiger partial charge is 0.488 e. The standard InChI is InChI=1S/C14H10N2O4/c1-2-20-13-10(11(17)12(13)18)16-14(19)9-5-3-8(7-15)4-6-9/h3-6H,2H2,1H3,(H,16,19). The lowest BCUT2D eigenvalue weighted by Gasteiger charge is -2.12. The van der Waals surface area contributed by atoms with Gasteiger partial charge in [-0.1, -0.05) is 0 Å². The fraction of sp³-hybridized carbons (Fsp3) is 0.143.